The van der Waals surface area contributed by atoms with Crippen LogP contribution in [0.2, 0.25) is 0 Å². The fraction of sp³-hybridized carbons (Fsp3) is 0.300. The molecule has 0 saturated carbocycles. The van der Waals surface area contributed by atoms with Gasteiger partial charge in [-0.1, -0.05) is 28.0 Å². The molecule has 0 heterocycles. The minimum Gasteiger partial charge on any atom is -0.507 e. The largest absolute Gasteiger partial charge is 0.507 e. The smallest absolute Gasteiger partial charge is 0.127 e. The van der Waals surface area contributed by atoms with E-state index in [4.69, 9.17) is 5.21 Å². The number of aromatic hydroxyl groups is 1. The summed E-state index contributed by atoms with van der Waals surface area (Å²) >= 11 is 3.33. The van der Waals surface area contributed by atoms with Crippen molar-refractivity contribution in [3.63, 3.8) is 0 Å². The van der Waals surface area contributed by atoms with Crippen molar-refractivity contribution in [1.82, 2.24) is 0 Å². The molecule has 0 spiro atoms. The molecule has 3 nitrogen and oxygen atoms in total. The molecule has 0 aliphatic heterocycles. The van der Waals surface area contributed by atoms with Gasteiger partial charge in [0.1, 0.15) is 5.75 Å². The fourth-order valence-corrected chi connectivity index (χ4v) is 1.84. The lowest BCUT2D eigenvalue weighted by Gasteiger charge is -2.08. The average molecular weight is 258 g/mol. The van der Waals surface area contributed by atoms with Gasteiger partial charge in [-0.15, -0.1) is 0 Å². The standard InChI is InChI=1S/C10H12BrNO2/c1-3-9(12-14)8-5-7(11)4-6(2)10(8)13/h4-5,13-14H,3H2,1-2H3/b12-9-. The fourth-order valence-electron chi connectivity index (χ4n) is 1.27. The molecule has 0 aliphatic rings. The highest BCUT2D eigenvalue weighted by Gasteiger charge is 2.11. The van der Waals surface area contributed by atoms with E-state index in [1.807, 2.05) is 13.0 Å². The molecule has 1 aromatic rings. The highest BCUT2D eigenvalue weighted by Crippen LogP contribution is 2.27. The molecule has 1 rings (SSSR count). The lowest BCUT2D eigenvalue weighted by atomic mass is 10.0. The molecule has 0 saturated heterocycles. The van der Waals surface area contributed by atoms with Crippen molar-refractivity contribution < 1.29 is 10.3 Å². The highest BCUT2D eigenvalue weighted by molar-refractivity contribution is 9.10. The van der Waals surface area contributed by atoms with Crippen LogP contribution in [0.3, 0.4) is 0 Å². The summed E-state index contributed by atoms with van der Waals surface area (Å²) in [4.78, 5) is 0. The molecule has 0 atom stereocenters. The van der Waals surface area contributed by atoms with Crippen LogP contribution in [0.15, 0.2) is 21.8 Å². The van der Waals surface area contributed by atoms with E-state index in [0.717, 1.165) is 10.0 Å². The zero-order valence-corrected chi connectivity index (χ0v) is 9.67. The Morgan fingerprint density at radius 2 is 2.14 bits per heavy atom. The first-order valence-corrected chi connectivity index (χ1v) is 5.09. The van der Waals surface area contributed by atoms with Crippen LogP contribution in [0.1, 0.15) is 24.5 Å². The van der Waals surface area contributed by atoms with Gasteiger partial charge in [0.2, 0.25) is 0 Å². The van der Waals surface area contributed by atoms with Gasteiger partial charge >= 0.3 is 0 Å². The zero-order valence-electron chi connectivity index (χ0n) is 8.08. The summed E-state index contributed by atoms with van der Waals surface area (Å²) in [5.41, 5.74) is 1.80. The number of nitrogens with zero attached hydrogens (tertiary/aromatic N) is 1. The number of phenols is 1. The van der Waals surface area contributed by atoms with Crippen LogP contribution in [-0.4, -0.2) is 16.0 Å². The predicted octanol–water partition coefficient (Wildman–Crippen LogP) is 3.05. The number of hydrogen-bond donors (Lipinski definition) is 2. The molecule has 0 amide bonds. The summed E-state index contributed by atoms with van der Waals surface area (Å²) in [6.45, 7) is 3.67. The molecular weight excluding hydrogens is 246 g/mol. The maximum absolute atomic E-state index is 9.74. The second kappa shape index (κ2) is 4.46. The number of oxime groups is 1. The van der Waals surface area contributed by atoms with Gasteiger partial charge in [-0.25, -0.2) is 0 Å². The van der Waals surface area contributed by atoms with Gasteiger partial charge in [0, 0.05) is 10.0 Å². The van der Waals surface area contributed by atoms with Crippen molar-refractivity contribution in [2.24, 2.45) is 5.16 Å². The first-order valence-electron chi connectivity index (χ1n) is 4.30. The van der Waals surface area contributed by atoms with Crippen LogP contribution in [0.5, 0.6) is 5.75 Å². The second-order valence-electron chi connectivity index (χ2n) is 3.02. The van der Waals surface area contributed by atoms with E-state index in [-0.39, 0.29) is 5.75 Å². The number of benzene rings is 1. The predicted molar refractivity (Wildman–Crippen MR) is 59.2 cm³/mol. The lowest BCUT2D eigenvalue weighted by molar-refractivity contribution is 0.318. The van der Waals surface area contributed by atoms with E-state index < -0.39 is 0 Å². The Morgan fingerprint density at radius 1 is 1.50 bits per heavy atom. The Bertz CT molecular complexity index is 375. The Morgan fingerprint density at radius 3 is 2.64 bits per heavy atom. The molecule has 0 unspecified atom stereocenters. The summed E-state index contributed by atoms with van der Waals surface area (Å²) in [6, 6.07) is 3.55. The van der Waals surface area contributed by atoms with Gasteiger partial charge in [0.25, 0.3) is 0 Å². The number of hydrogen-bond acceptors (Lipinski definition) is 3. The third-order valence-electron chi connectivity index (χ3n) is 2.03. The SMILES string of the molecule is CC/C(=N/O)c1cc(Br)cc(C)c1O. The molecule has 0 aliphatic carbocycles. The minimum atomic E-state index is 0.169. The van der Waals surface area contributed by atoms with Crippen molar-refractivity contribution in [3.05, 3.63) is 27.7 Å². The Balaban J connectivity index is 3.33. The molecule has 0 aromatic heterocycles. The van der Waals surface area contributed by atoms with Crippen molar-refractivity contribution in [1.29, 1.82) is 0 Å². The van der Waals surface area contributed by atoms with Crippen molar-refractivity contribution in [2.45, 2.75) is 20.3 Å². The topological polar surface area (TPSA) is 52.8 Å². The monoisotopic (exact) mass is 257 g/mol. The summed E-state index contributed by atoms with van der Waals surface area (Å²) in [7, 11) is 0. The van der Waals surface area contributed by atoms with Gasteiger partial charge in [0.05, 0.1) is 5.71 Å². The van der Waals surface area contributed by atoms with Crippen LogP contribution >= 0.6 is 15.9 Å². The molecule has 0 fully saturated rings. The summed E-state index contributed by atoms with van der Waals surface area (Å²) in [5, 5.41) is 21.6. The van der Waals surface area contributed by atoms with Gasteiger partial charge < -0.3 is 10.3 Å². The quantitative estimate of drug-likeness (QED) is 0.486. The van der Waals surface area contributed by atoms with Crippen LogP contribution in [-0.2, 0) is 0 Å². The third-order valence-corrected chi connectivity index (χ3v) is 2.49. The van der Waals surface area contributed by atoms with E-state index in [1.54, 1.807) is 13.0 Å². The van der Waals surface area contributed by atoms with Crippen molar-refractivity contribution >= 4 is 21.6 Å². The molecule has 14 heavy (non-hydrogen) atoms. The molecular formula is C10H12BrNO2. The van der Waals surface area contributed by atoms with Crippen LogP contribution in [0.4, 0.5) is 0 Å². The number of phenolic OH excluding ortho intramolecular Hbond substituents is 1. The first-order chi connectivity index (χ1) is 6.60. The molecule has 76 valence electrons. The molecule has 1 aromatic carbocycles. The third kappa shape index (κ3) is 2.07. The number of halogens is 1. The Hall–Kier alpha value is -1.03. The summed E-state index contributed by atoms with van der Waals surface area (Å²) in [6.07, 6.45) is 0.569. The van der Waals surface area contributed by atoms with E-state index >= 15 is 0 Å². The Labute approximate surface area is 91.2 Å². The maximum atomic E-state index is 9.74. The van der Waals surface area contributed by atoms with Gasteiger partial charge in [-0.3, -0.25) is 0 Å². The highest BCUT2D eigenvalue weighted by atomic mass is 79.9. The van der Waals surface area contributed by atoms with E-state index in [2.05, 4.69) is 21.1 Å². The average Bonchev–Trinajstić information content (AvgIpc) is 2.15. The summed E-state index contributed by atoms with van der Waals surface area (Å²) < 4.78 is 0.859. The molecule has 2 N–H and O–H groups in total. The molecule has 0 radical (unpaired) electrons. The van der Waals surface area contributed by atoms with Gasteiger partial charge in [-0.05, 0) is 31.0 Å². The minimum absolute atomic E-state index is 0.169. The summed E-state index contributed by atoms with van der Waals surface area (Å²) in [5.74, 6) is 0.169. The number of aryl methyl sites for hydroxylation is 1. The Kier molecular flexibility index (Phi) is 3.52. The van der Waals surface area contributed by atoms with Gasteiger partial charge in [0.15, 0.2) is 0 Å². The van der Waals surface area contributed by atoms with Crippen LogP contribution < -0.4 is 0 Å². The van der Waals surface area contributed by atoms with Crippen molar-refractivity contribution in [3.8, 4) is 5.75 Å². The van der Waals surface area contributed by atoms with Crippen LogP contribution in [0, 0.1) is 6.92 Å². The van der Waals surface area contributed by atoms with Gasteiger partial charge in [-0.2, -0.15) is 0 Å². The van der Waals surface area contributed by atoms with Crippen molar-refractivity contribution in [2.75, 3.05) is 0 Å². The second-order valence-corrected chi connectivity index (χ2v) is 3.93. The van der Waals surface area contributed by atoms with E-state index in [1.165, 1.54) is 0 Å². The molecule has 4 heteroatoms. The normalized spacial score (nSPS) is 11.8. The lowest BCUT2D eigenvalue weighted by Crippen LogP contribution is -2.00. The van der Waals surface area contributed by atoms with E-state index in [0.29, 0.717) is 17.7 Å². The van der Waals surface area contributed by atoms with E-state index in [9.17, 15) is 5.11 Å². The first kappa shape index (κ1) is 11.0. The zero-order chi connectivity index (χ0) is 10.7. The maximum Gasteiger partial charge on any atom is 0.127 e. The molecule has 0 bridgehead atoms. The number of rotatable bonds is 2. The van der Waals surface area contributed by atoms with Crippen LogP contribution in [0.25, 0.3) is 0 Å².